The second-order valence-electron chi connectivity index (χ2n) is 3.75. The number of allylic oxidation sites excluding steroid dienone is 1. The number of hydrogen-bond acceptors (Lipinski definition) is 0. The summed E-state index contributed by atoms with van der Waals surface area (Å²) in [5, 5.41) is 0. The van der Waals surface area contributed by atoms with Crippen molar-refractivity contribution in [3.63, 3.8) is 0 Å². The van der Waals surface area contributed by atoms with E-state index in [1.165, 1.54) is 12.1 Å². The largest absolute Gasteiger partial charge is 0.207 e. The average molecular weight is 230 g/mol. The highest BCUT2D eigenvalue weighted by Crippen LogP contribution is 2.23. The van der Waals surface area contributed by atoms with Crippen molar-refractivity contribution in [3.05, 3.63) is 65.7 Å². The van der Waals surface area contributed by atoms with Gasteiger partial charge in [0.15, 0.2) is 0 Å². The van der Waals surface area contributed by atoms with Gasteiger partial charge >= 0.3 is 0 Å². The highest BCUT2D eigenvalue weighted by atomic mass is 19.1. The predicted octanol–water partition coefficient (Wildman–Crippen LogP) is 4.66. The Morgan fingerprint density at radius 1 is 0.941 bits per heavy atom. The molecule has 0 aliphatic carbocycles. The third kappa shape index (κ3) is 2.59. The zero-order valence-electron chi connectivity index (χ0n) is 9.45. The Balaban J connectivity index is 2.39. The predicted molar refractivity (Wildman–Crippen MR) is 66.5 cm³/mol. The topological polar surface area (TPSA) is 0 Å². The third-order valence-corrected chi connectivity index (χ3v) is 2.51. The van der Waals surface area contributed by atoms with Crippen LogP contribution in [0.25, 0.3) is 17.2 Å². The molecule has 2 rings (SSSR count). The number of benzene rings is 2. The quantitative estimate of drug-likeness (QED) is 0.703. The van der Waals surface area contributed by atoms with Crippen LogP contribution in [-0.2, 0) is 0 Å². The van der Waals surface area contributed by atoms with Crippen molar-refractivity contribution in [2.45, 2.75) is 6.92 Å². The Bertz CT molecular complexity index is 539. The number of rotatable bonds is 2. The van der Waals surface area contributed by atoms with Crippen LogP contribution in [0, 0.1) is 11.6 Å². The molecule has 0 saturated heterocycles. The number of halogens is 2. The van der Waals surface area contributed by atoms with E-state index >= 15 is 0 Å². The van der Waals surface area contributed by atoms with Gasteiger partial charge in [-0.15, -0.1) is 0 Å². The van der Waals surface area contributed by atoms with Gasteiger partial charge in [-0.2, -0.15) is 0 Å². The fourth-order valence-corrected chi connectivity index (χ4v) is 1.69. The van der Waals surface area contributed by atoms with Gasteiger partial charge in [-0.05, 0) is 30.2 Å². The van der Waals surface area contributed by atoms with E-state index in [0.717, 1.165) is 17.2 Å². The van der Waals surface area contributed by atoms with E-state index in [0.29, 0.717) is 5.56 Å². The van der Waals surface area contributed by atoms with Gasteiger partial charge in [-0.25, -0.2) is 8.78 Å². The van der Waals surface area contributed by atoms with Gasteiger partial charge < -0.3 is 0 Å². The molecule has 0 aromatic heterocycles. The Hall–Kier alpha value is -1.96. The van der Waals surface area contributed by atoms with Crippen LogP contribution in [0.5, 0.6) is 0 Å². The summed E-state index contributed by atoms with van der Waals surface area (Å²) in [5.74, 6) is -1.10. The summed E-state index contributed by atoms with van der Waals surface area (Å²) in [7, 11) is 0. The molecule has 0 fully saturated rings. The minimum absolute atomic E-state index is 0.415. The molecule has 0 spiro atoms. The van der Waals surface area contributed by atoms with Crippen molar-refractivity contribution < 1.29 is 8.78 Å². The molecule has 2 heteroatoms. The van der Waals surface area contributed by atoms with Gasteiger partial charge in [0.1, 0.15) is 11.6 Å². The Kier molecular flexibility index (Phi) is 3.33. The van der Waals surface area contributed by atoms with E-state index in [9.17, 15) is 8.78 Å². The zero-order valence-corrected chi connectivity index (χ0v) is 9.45. The molecule has 0 saturated carbocycles. The lowest BCUT2D eigenvalue weighted by Gasteiger charge is -2.04. The van der Waals surface area contributed by atoms with Gasteiger partial charge in [-0.1, -0.05) is 36.4 Å². The molecule has 0 nitrogen and oxygen atoms in total. The second-order valence-corrected chi connectivity index (χ2v) is 3.75. The molecule has 0 unspecified atom stereocenters. The van der Waals surface area contributed by atoms with E-state index in [-0.39, 0.29) is 0 Å². The van der Waals surface area contributed by atoms with Crippen molar-refractivity contribution in [1.82, 2.24) is 0 Å². The van der Waals surface area contributed by atoms with Crippen molar-refractivity contribution in [1.29, 1.82) is 0 Å². The first-order chi connectivity index (χ1) is 8.20. The molecule has 0 bridgehead atoms. The molecule has 0 aliphatic heterocycles. The van der Waals surface area contributed by atoms with Crippen molar-refractivity contribution in [2.75, 3.05) is 0 Å². The average Bonchev–Trinajstić information content (AvgIpc) is 2.31. The van der Waals surface area contributed by atoms with Crippen LogP contribution in [0.4, 0.5) is 8.78 Å². The summed E-state index contributed by atoms with van der Waals surface area (Å²) in [4.78, 5) is 0. The molecule has 0 amide bonds. The van der Waals surface area contributed by atoms with Crippen LogP contribution >= 0.6 is 0 Å². The summed E-state index contributed by atoms with van der Waals surface area (Å²) >= 11 is 0. The van der Waals surface area contributed by atoms with E-state index in [2.05, 4.69) is 0 Å². The SMILES string of the molecule is C/C=C\c1ccc(-c2ccc(F)cc2F)cc1. The number of hydrogen-bond donors (Lipinski definition) is 0. The molecule has 0 aliphatic rings. The standard InChI is InChI=1S/C15H12F2/c1-2-3-11-4-6-12(7-5-11)14-9-8-13(16)10-15(14)17/h2-10H,1H3/b3-2-. The fraction of sp³-hybridized carbons (Fsp3) is 0.0667. The van der Waals surface area contributed by atoms with E-state index in [4.69, 9.17) is 0 Å². The molecule has 0 radical (unpaired) electrons. The van der Waals surface area contributed by atoms with Crippen LogP contribution in [-0.4, -0.2) is 0 Å². The Morgan fingerprint density at radius 3 is 2.24 bits per heavy atom. The fourth-order valence-electron chi connectivity index (χ4n) is 1.69. The van der Waals surface area contributed by atoms with Gasteiger partial charge in [-0.3, -0.25) is 0 Å². The lowest BCUT2D eigenvalue weighted by atomic mass is 10.0. The molecule has 17 heavy (non-hydrogen) atoms. The first kappa shape index (κ1) is 11.5. The van der Waals surface area contributed by atoms with Crippen molar-refractivity contribution >= 4 is 6.08 Å². The maximum absolute atomic E-state index is 13.5. The van der Waals surface area contributed by atoms with Crippen LogP contribution in [0.2, 0.25) is 0 Å². The lowest BCUT2D eigenvalue weighted by Crippen LogP contribution is -1.86. The molecule has 2 aromatic rings. The van der Waals surface area contributed by atoms with Gasteiger partial charge in [0.25, 0.3) is 0 Å². The summed E-state index contributed by atoms with van der Waals surface area (Å²) in [6.45, 7) is 1.94. The summed E-state index contributed by atoms with van der Waals surface area (Å²) < 4.78 is 26.3. The lowest BCUT2D eigenvalue weighted by molar-refractivity contribution is 0.585. The van der Waals surface area contributed by atoms with Gasteiger partial charge in [0, 0.05) is 11.6 Å². The van der Waals surface area contributed by atoms with Gasteiger partial charge in [0.05, 0.1) is 0 Å². The highest BCUT2D eigenvalue weighted by molar-refractivity contribution is 5.66. The molecular formula is C15H12F2. The van der Waals surface area contributed by atoms with Crippen LogP contribution in [0.3, 0.4) is 0 Å². The maximum atomic E-state index is 13.5. The highest BCUT2D eigenvalue weighted by Gasteiger charge is 2.05. The summed E-state index contributed by atoms with van der Waals surface area (Å²) in [6, 6.07) is 11.1. The molecule has 0 N–H and O–H groups in total. The first-order valence-corrected chi connectivity index (χ1v) is 5.39. The molecule has 0 heterocycles. The van der Waals surface area contributed by atoms with Gasteiger partial charge in [0.2, 0.25) is 0 Å². The molecule has 86 valence electrons. The first-order valence-electron chi connectivity index (χ1n) is 5.39. The van der Waals surface area contributed by atoms with E-state index in [1.807, 2.05) is 43.3 Å². The summed E-state index contributed by atoms with van der Waals surface area (Å²) in [5.41, 5.74) is 2.22. The summed E-state index contributed by atoms with van der Waals surface area (Å²) in [6.07, 6.45) is 3.90. The zero-order chi connectivity index (χ0) is 12.3. The normalized spacial score (nSPS) is 11.0. The van der Waals surface area contributed by atoms with Crippen molar-refractivity contribution in [2.24, 2.45) is 0 Å². The smallest absolute Gasteiger partial charge is 0.133 e. The van der Waals surface area contributed by atoms with E-state index in [1.54, 1.807) is 0 Å². The minimum atomic E-state index is -0.559. The molecule has 2 aromatic carbocycles. The Morgan fingerprint density at radius 2 is 1.65 bits per heavy atom. The molecule has 0 atom stereocenters. The van der Waals surface area contributed by atoms with Crippen LogP contribution in [0.15, 0.2) is 48.5 Å². The Labute approximate surface area is 99.2 Å². The van der Waals surface area contributed by atoms with E-state index < -0.39 is 11.6 Å². The molecular weight excluding hydrogens is 218 g/mol. The second kappa shape index (κ2) is 4.91. The maximum Gasteiger partial charge on any atom is 0.133 e. The minimum Gasteiger partial charge on any atom is -0.207 e. The van der Waals surface area contributed by atoms with Crippen LogP contribution < -0.4 is 0 Å². The van der Waals surface area contributed by atoms with Crippen molar-refractivity contribution in [3.8, 4) is 11.1 Å². The third-order valence-electron chi connectivity index (χ3n) is 2.51. The van der Waals surface area contributed by atoms with Crippen LogP contribution in [0.1, 0.15) is 12.5 Å². The monoisotopic (exact) mass is 230 g/mol.